The lowest BCUT2D eigenvalue weighted by atomic mass is 9.80. The fraction of sp³-hybridized carbons (Fsp3) is 0.731. The Labute approximate surface area is 190 Å². The summed E-state index contributed by atoms with van der Waals surface area (Å²) in [6.07, 6.45) is 7.34. The van der Waals surface area contributed by atoms with Crippen LogP contribution in [0.25, 0.3) is 0 Å². The van der Waals surface area contributed by atoms with E-state index in [-0.39, 0.29) is 18.1 Å². The standard InChI is InChI=1S/C26H43NO3Si/c1-18(2)31(19(3)4,20(5)6)30-25-24(17-21-11-9-8-10-12-21)27(26(25)28)22-13-15-23(29-7)16-14-22/h13-16,18-21,24-25H,8-12,17H2,1-7H3/t24-,25+/m0/s1. The summed E-state index contributed by atoms with van der Waals surface area (Å²) in [7, 11) is -0.448. The summed E-state index contributed by atoms with van der Waals surface area (Å²) in [5.41, 5.74) is 2.40. The van der Waals surface area contributed by atoms with E-state index in [1.54, 1.807) is 7.11 Å². The molecule has 31 heavy (non-hydrogen) atoms. The van der Waals surface area contributed by atoms with Crippen LogP contribution in [0, 0.1) is 5.92 Å². The van der Waals surface area contributed by atoms with Crippen molar-refractivity contribution in [3.8, 4) is 5.75 Å². The second kappa shape index (κ2) is 10.1. The molecule has 0 unspecified atom stereocenters. The molecular formula is C26H43NO3Si. The normalized spacial score (nSPS) is 23.0. The van der Waals surface area contributed by atoms with E-state index in [0.29, 0.717) is 22.5 Å². The van der Waals surface area contributed by atoms with Gasteiger partial charge in [-0.05, 0) is 53.2 Å². The van der Waals surface area contributed by atoms with Crippen molar-refractivity contribution in [3.05, 3.63) is 24.3 Å². The fourth-order valence-corrected chi connectivity index (χ4v) is 11.8. The lowest BCUT2D eigenvalue weighted by Crippen LogP contribution is -2.70. The van der Waals surface area contributed by atoms with Gasteiger partial charge in [0, 0.05) is 5.69 Å². The third kappa shape index (κ3) is 4.73. The molecular weight excluding hydrogens is 402 g/mol. The highest BCUT2D eigenvalue weighted by atomic mass is 28.4. The van der Waals surface area contributed by atoms with Crippen molar-refractivity contribution in [2.45, 2.75) is 109 Å². The van der Waals surface area contributed by atoms with E-state index in [0.717, 1.165) is 17.9 Å². The molecule has 2 fully saturated rings. The number of amides is 1. The van der Waals surface area contributed by atoms with Gasteiger partial charge in [0.05, 0.1) is 13.2 Å². The van der Waals surface area contributed by atoms with Crippen molar-refractivity contribution in [3.63, 3.8) is 0 Å². The molecule has 1 saturated heterocycles. The molecule has 0 bridgehead atoms. The Bertz CT molecular complexity index is 703. The van der Waals surface area contributed by atoms with Gasteiger partial charge in [0.15, 0.2) is 0 Å². The molecule has 1 saturated carbocycles. The van der Waals surface area contributed by atoms with Crippen LogP contribution in [0.15, 0.2) is 24.3 Å². The Morgan fingerprint density at radius 1 is 0.935 bits per heavy atom. The maximum Gasteiger partial charge on any atom is 0.257 e. The number of rotatable bonds is 9. The number of anilines is 1. The summed E-state index contributed by atoms with van der Waals surface area (Å²) in [6.45, 7) is 13.8. The summed E-state index contributed by atoms with van der Waals surface area (Å²) < 4.78 is 12.4. The van der Waals surface area contributed by atoms with Gasteiger partial charge in [0.2, 0.25) is 8.32 Å². The van der Waals surface area contributed by atoms with Crippen molar-refractivity contribution < 1.29 is 14.0 Å². The van der Waals surface area contributed by atoms with E-state index in [1.165, 1.54) is 32.1 Å². The fourth-order valence-electron chi connectivity index (χ4n) is 6.33. The van der Waals surface area contributed by atoms with Gasteiger partial charge in [0.1, 0.15) is 11.9 Å². The average molecular weight is 446 g/mol. The molecule has 0 radical (unpaired) electrons. The smallest absolute Gasteiger partial charge is 0.257 e. The highest BCUT2D eigenvalue weighted by Gasteiger charge is 2.56. The second-order valence-electron chi connectivity index (χ2n) is 10.6. The van der Waals surface area contributed by atoms with Crippen LogP contribution in [-0.4, -0.2) is 33.5 Å². The molecule has 2 atom stereocenters. The maximum atomic E-state index is 13.5. The minimum absolute atomic E-state index is 0.143. The third-order valence-electron chi connectivity index (χ3n) is 7.85. The third-order valence-corrected chi connectivity index (χ3v) is 13.9. The number of carbonyl (C=O) groups is 1. The number of β-lactam (4-membered cyclic amide) rings is 1. The molecule has 3 rings (SSSR count). The van der Waals surface area contributed by atoms with Gasteiger partial charge in [-0.3, -0.25) is 4.79 Å². The summed E-state index contributed by atoms with van der Waals surface area (Å²) in [5.74, 6) is 1.66. The minimum atomic E-state index is -2.12. The summed E-state index contributed by atoms with van der Waals surface area (Å²) in [4.78, 5) is 15.5. The molecule has 2 aliphatic rings. The Morgan fingerprint density at radius 2 is 1.48 bits per heavy atom. The number of nitrogens with zero attached hydrogens (tertiary/aromatic N) is 1. The number of ether oxygens (including phenoxy) is 1. The van der Waals surface area contributed by atoms with Gasteiger partial charge < -0.3 is 14.1 Å². The monoisotopic (exact) mass is 445 g/mol. The Morgan fingerprint density at radius 3 is 1.97 bits per heavy atom. The summed E-state index contributed by atoms with van der Waals surface area (Å²) in [5, 5.41) is 0. The Kier molecular flexibility index (Phi) is 7.90. The molecule has 5 heteroatoms. The van der Waals surface area contributed by atoms with Gasteiger partial charge in [-0.2, -0.15) is 0 Å². The van der Waals surface area contributed by atoms with Crippen LogP contribution in [-0.2, 0) is 9.22 Å². The molecule has 1 aliphatic carbocycles. The first-order valence-electron chi connectivity index (χ1n) is 12.4. The van der Waals surface area contributed by atoms with Gasteiger partial charge in [-0.1, -0.05) is 73.6 Å². The number of carbonyl (C=O) groups excluding carboxylic acids is 1. The van der Waals surface area contributed by atoms with Gasteiger partial charge in [-0.25, -0.2) is 0 Å². The van der Waals surface area contributed by atoms with Crippen LogP contribution >= 0.6 is 0 Å². The van der Waals surface area contributed by atoms with Crippen LogP contribution in [0.2, 0.25) is 16.6 Å². The van der Waals surface area contributed by atoms with E-state index < -0.39 is 8.32 Å². The lowest BCUT2D eigenvalue weighted by Gasteiger charge is -2.53. The molecule has 174 valence electrons. The molecule has 1 aromatic rings. The van der Waals surface area contributed by atoms with E-state index in [2.05, 4.69) is 41.5 Å². The Balaban J connectivity index is 1.89. The highest BCUT2D eigenvalue weighted by Crippen LogP contribution is 2.47. The predicted molar refractivity (Wildman–Crippen MR) is 131 cm³/mol. The SMILES string of the molecule is COc1ccc(N2C(=O)[C@H](O[Si](C(C)C)(C(C)C)C(C)C)[C@@H]2CC2CCCCC2)cc1. The Hall–Kier alpha value is -1.33. The lowest BCUT2D eigenvalue weighted by molar-refractivity contribution is -0.136. The highest BCUT2D eigenvalue weighted by molar-refractivity contribution is 6.77. The van der Waals surface area contributed by atoms with Crippen molar-refractivity contribution in [2.24, 2.45) is 5.92 Å². The van der Waals surface area contributed by atoms with Gasteiger partial charge in [-0.15, -0.1) is 0 Å². The number of methoxy groups -OCH3 is 1. The van der Waals surface area contributed by atoms with Crippen LogP contribution in [0.5, 0.6) is 5.75 Å². The first kappa shape index (κ1) is 24.3. The van der Waals surface area contributed by atoms with Crippen molar-refractivity contribution in [1.29, 1.82) is 0 Å². The van der Waals surface area contributed by atoms with Crippen LogP contribution in [0.4, 0.5) is 5.69 Å². The van der Waals surface area contributed by atoms with Crippen LogP contribution in [0.3, 0.4) is 0 Å². The topological polar surface area (TPSA) is 38.8 Å². The van der Waals surface area contributed by atoms with Crippen LogP contribution < -0.4 is 9.64 Å². The first-order valence-corrected chi connectivity index (χ1v) is 14.5. The van der Waals surface area contributed by atoms with E-state index in [9.17, 15) is 4.79 Å². The summed E-state index contributed by atoms with van der Waals surface area (Å²) in [6, 6.07) is 8.07. The average Bonchev–Trinajstić information content (AvgIpc) is 2.74. The van der Waals surface area contributed by atoms with Crippen LogP contribution in [0.1, 0.15) is 80.1 Å². The van der Waals surface area contributed by atoms with Crippen molar-refractivity contribution >= 4 is 19.9 Å². The zero-order valence-corrected chi connectivity index (χ0v) is 21.7. The van der Waals surface area contributed by atoms with E-state index >= 15 is 0 Å². The molecule has 1 aromatic carbocycles. The zero-order valence-electron chi connectivity index (χ0n) is 20.7. The molecule has 4 nitrogen and oxygen atoms in total. The largest absolute Gasteiger partial charge is 0.497 e. The molecule has 0 spiro atoms. The van der Waals surface area contributed by atoms with Gasteiger partial charge in [0.25, 0.3) is 5.91 Å². The molecule has 1 aliphatic heterocycles. The first-order chi connectivity index (χ1) is 14.7. The van der Waals surface area contributed by atoms with Crippen molar-refractivity contribution in [1.82, 2.24) is 0 Å². The molecule has 1 amide bonds. The molecule has 0 aromatic heterocycles. The quantitative estimate of drug-likeness (QED) is 0.305. The van der Waals surface area contributed by atoms with Gasteiger partial charge >= 0.3 is 0 Å². The van der Waals surface area contributed by atoms with E-state index in [1.807, 2.05) is 29.2 Å². The van der Waals surface area contributed by atoms with Crippen molar-refractivity contribution in [2.75, 3.05) is 12.0 Å². The second-order valence-corrected chi connectivity index (χ2v) is 16.0. The predicted octanol–water partition coefficient (Wildman–Crippen LogP) is 6.94. The molecule has 1 heterocycles. The molecule has 0 N–H and O–H groups in total. The zero-order chi connectivity index (χ0) is 22.8. The van der Waals surface area contributed by atoms with E-state index in [4.69, 9.17) is 9.16 Å². The number of benzene rings is 1. The number of hydrogen-bond donors (Lipinski definition) is 0. The maximum absolute atomic E-state index is 13.5. The minimum Gasteiger partial charge on any atom is -0.497 e. The number of hydrogen-bond acceptors (Lipinski definition) is 3. The summed E-state index contributed by atoms with van der Waals surface area (Å²) >= 11 is 0.